The van der Waals surface area contributed by atoms with Crippen molar-refractivity contribution in [1.29, 1.82) is 0 Å². The molecule has 6 heteroatoms. The normalized spacial score (nSPS) is 14.6. The van der Waals surface area contributed by atoms with Crippen molar-refractivity contribution in [2.75, 3.05) is 6.54 Å². The van der Waals surface area contributed by atoms with Crippen LogP contribution >= 0.6 is 11.3 Å². The summed E-state index contributed by atoms with van der Waals surface area (Å²) in [6.45, 7) is 6.14. The zero-order valence-electron chi connectivity index (χ0n) is 17.0. The van der Waals surface area contributed by atoms with E-state index in [4.69, 9.17) is 0 Å². The van der Waals surface area contributed by atoms with Gasteiger partial charge in [-0.3, -0.25) is 9.59 Å². The lowest BCUT2D eigenvalue weighted by Gasteiger charge is -2.31. The van der Waals surface area contributed by atoms with Crippen LogP contribution in [0.5, 0.6) is 0 Å². The van der Waals surface area contributed by atoms with Crippen molar-refractivity contribution in [3.63, 3.8) is 0 Å². The molecule has 1 aliphatic rings. The van der Waals surface area contributed by atoms with Crippen molar-refractivity contribution in [2.45, 2.75) is 52.2 Å². The molecular weight excluding hydrogens is 382 g/mol. The fourth-order valence-electron chi connectivity index (χ4n) is 4.17. The maximum absolute atomic E-state index is 13.2. The van der Waals surface area contributed by atoms with E-state index in [2.05, 4.69) is 16.8 Å². The fraction of sp³-hybridized carbons (Fsp3) is 0.391. The minimum atomic E-state index is -0.490. The average Bonchev–Trinajstić information content (AvgIpc) is 3.36. The Balaban J connectivity index is 1.54. The largest absolute Gasteiger partial charge is 0.339 e. The molecule has 0 aliphatic carbocycles. The van der Waals surface area contributed by atoms with Gasteiger partial charge in [0.15, 0.2) is 0 Å². The smallest absolute Gasteiger partial charge is 0.268 e. The van der Waals surface area contributed by atoms with Gasteiger partial charge in [0, 0.05) is 35.4 Å². The molecular formula is C23H27N3O2S. The molecule has 4 rings (SSSR count). The monoisotopic (exact) mass is 409 g/mol. The molecule has 3 aromatic rings. The maximum Gasteiger partial charge on any atom is 0.268 e. The lowest BCUT2D eigenvalue weighted by molar-refractivity contribution is -0.134. The van der Waals surface area contributed by atoms with E-state index in [-0.39, 0.29) is 11.8 Å². The van der Waals surface area contributed by atoms with E-state index in [1.54, 1.807) is 11.3 Å². The Hall–Kier alpha value is -2.60. The maximum atomic E-state index is 13.2. The van der Waals surface area contributed by atoms with E-state index >= 15 is 0 Å². The van der Waals surface area contributed by atoms with E-state index < -0.39 is 6.04 Å². The van der Waals surface area contributed by atoms with Crippen LogP contribution in [-0.2, 0) is 24.3 Å². The number of nitrogens with one attached hydrogen (secondary N) is 1. The molecule has 1 N–H and O–H groups in total. The van der Waals surface area contributed by atoms with Crippen molar-refractivity contribution in [2.24, 2.45) is 0 Å². The number of fused-ring (bicyclic) bond motifs is 2. The number of aromatic nitrogens is 1. The summed E-state index contributed by atoms with van der Waals surface area (Å²) in [6, 6.07) is 11.5. The van der Waals surface area contributed by atoms with Crippen LogP contribution < -0.4 is 5.32 Å². The molecule has 0 saturated carbocycles. The zero-order chi connectivity index (χ0) is 20.4. The molecule has 1 aromatic carbocycles. The summed E-state index contributed by atoms with van der Waals surface area (Å²) in [5, 5.41) is 6.17. The number of thiophene rings is 1. The van der Waals surface area contributed by atoms with E-state index in [0.29, 0.717) is 25.2 Å². The summed E-state index contributed by atoms with van der Waals surface area (Å²) in [7, 11) is 0. The quantitative estimate of drug-likeness (QED) is 0.663. The second kappa shape index (κ2) is 8.41. The van der Waals surface area contributed by atoms with E-state index in [9.17, 15) is 9.59 Å². The highest BCUT2D eigenvalue weighted by Gasteiger charge is 2.29. The van der Waals surface area contributed by atoms with Gasteiger partial charge in [-0.2, -0.15) is 0 Å². The number of benzene rings is 1. The van der Waals surface area contributed by atoms with Crippen molar-refractivity contribution >= 4 is 34.1 Å². The van der Waals surface area contributed by atoms with Gasteiger partial charge in [0.05, 0.1) is 0 Å². The van der Waals surface area contributed by atoms with Gasteiger partial charge < -0.3 is 14.8 Å². The molecule has 0 bridgehead atoms. The number of nitrogens with zero attached hydrogens (tertiary/aromatic N) is 2. The average molecular weight is 410 g/mol. The van der Waals surface area contributed by atoms with Crippen LogP contribution in [0.1, 0.15) is 47.6 Å². The number of aryl methyl sites for hydroxylation is 1. The highest BCUT2D eigenvalue weighted by atomic mass is 32.1. The fourth-order valence-corrected chi connectivity index (χ4v) is 5.06. The second-order valence-electron chi connectivity index (χ2n) is 7.53. The first-order valence-electron chi connectivity index (χ1n) is 10.4. The van der Waals surface area contributed by atoms with Crippen molar-refractivity contribution < 1.29 is 9.59 Å². The molecule has 0 spiro atoms. The first-order valence-corrected chi connectivity index (χ1v) is 11.2. The van der Waals surface area contributed by atoms with Gasteiger partial charge in [0.2, 0.25) is 5.91 Å². The molecule has 5 nitrogen and oxygen atoms in total. The summed E-state index contributed by atoms with van der Waals surface area (Å²) < 4.78 is 2.01. The molecule has 1 aliphatic heterocycles. The van der Waals surface area contributed by atoms with Crippen molar-refractivity contribution in [3.8, 4) is 0 Å². The summed E-state index contributed by atoms with van der Waals surface area (Å²) >= 11 is 1.76. The minimum absolute atomic E-state index is 0.0243. The number of para-hydroxylation sites is 1. The predicted octanol–water partition coefficient (Wildman–Crippen LogP) is 4.21. The van der Waals surface area contributed by atoms with Crippen LogP contribution in [0.4, 0.5) is 0 Å². The Morgan fingerprint density at radius 1 is 1.21 bits per heavy atom. The summed E-state index contributed by atoms with van der Waals surface area (Å²) in [4.78, 5) is 29.6. The molecule has 0 radical (unpaired) electrons. The van der Waals surface area contributed by atoms with Gasteiger partial charge >= 0.3 is 0 Å². The molecule has 0 fully saturated rings. The predicted molar refractivity (Wildman–Crippen MR) is 117 cm³/mol. The lowest BCUT2D eigenvalue weighted by atomic mass is 10.1. The van der Waals surface area contributed by atoms with Gasteiger partial charge in [-0.25, -0.2) is 0 Å². The topological polar surface area (TPSA) is 54.3 Å². The molecule has 1 unspecified atom stereocenters. The summed E-state index contributed by atoms with van der Waals surface area (Å²) in [5.41, 5.74) is 2.89. The van der Waals surface area contributed by atoms with Gasteiger partial charge in [-0.15, -0.1) is 11.3 Å². The van der Waals surface area contributed by atoms with E-state index in [1.807, 2.05) is 53.6 Å². The Morgan fingerprint density at radius 2 is 2.03 bits per heavy atom. The minimum Gasteiger partial charge on any atom is -0.339 e. The molecule has 152 valence electrons. The molecule has 29 heavy (non-hydrogen) atoms. The first-order chi connectivity index (χ1) is 14.1. The Kier molecular flexibility index (Phi) is 5.72. The number of amides is 2. The first kappa shape index (κ1) is 19.7. The van der Waals surface area contributed by atoms with Crippen LogP contribution in [0, 0.1) is 0 Å². The third-order valence-corrected chi connectivity index (χ3v) is 6.68. The highest BCUT2D eigenvalue weighted by Crippen LogP contribution is 2.25. The third kappa shape index (κ3) is 3.81. The Bertz CT molecular complexity index is 1040. The number of hydrogen-bond acceptors (Lipinski definition) is 3. The lowest BCUT2D eigenvalue weighted by Crippen LogP contribution is -2.49. The molecule has 1 atom stereocenters. The number of carbonyl (C=O) groups excluding carboxylic acids is 2. The van der Waals surface area contributed by atoms with Gasteiger partial charge in [-0.1, -0.05) is 31.5 Å². The summed E-state index contributed by atoms with van der Waals surface area (Å²) in [6.07, 6.45) is 2.38. The molecule has 2 amide bonds. The van der Waals surface area contributed by atoms with Crippen LogP contribution in [0.25, 0.3) is 10.9 Å². The van der Waals surface area contributed by atoms with Crippen molar-refractivity contribution in [3.05, 3.63) is 57.9 Å². The van der Waals surface area contributed by atoms with Crippen LogP contribution in [0.15, 0.2) is 41.8 Å². The second-order valence-corrected chi connectivity index (χ2v) is 8.53. The highest BCUT2D eigenvalue weighted by molar-refractivity contribution is 7.10. The van der Waals surface area contributed by atoms with Gasteiger partial charge in [0.1, 0.15) is 11.7 Å². The Labute approximate surface area is 175 Å². The Morgan fingerprint density at radius 3 is 2.83 bits per heavy atom. The SMILES string of the molecule is CCCC(NC(=O)c1cc2ccccc2n1CC)C(=O)N1CCc2sccc2C1. The molecule has 2 aromatic heterocycles. The molecule has 3 heterocycles. The summed E-state index contributed by atoms with van der Waals surface area (Å²) in [5.74, 6) is -0.153. The van der Waals surface area contributed by atoms with Crippen LogP contribution in [0.2, 0.25) is 0 Å². The zero-order valence-corrected chi connectivity index (χ0v) is 17.8. The van der Waals surface area contributed by atoms with Crippen LogP contribution in [-0.4, -0.2) is 33.9 Å². The van der Waals surface area contributed by atoms with Gasteiger partial charge in [-0.05, 0) is 48.9 Å². The number of hydrogen-bond donors (Lipinski definition) is 1. The number of rotatable bonds is 6. The third-order valence-electron chi connectivity index (χ3n) is 5.66. The van der Waals surface area contributed by atoms with E-state index in [0.717, 1.165) is 30.3 Å². The van der Waals surface area contributed by atoms with E-state index in [1.165, 1.54) is 10.4 Å². The van der Waals surface area contributed by atoms with Crippen molar-refractivity contribution in [1.82, 2.24) is 14.8 Å². The standard InChI is InChI=1S/C23H27N3O2S/c1-3-7-18(23(28)25-12-10-21-17(15-25)11-13-29-21)24-22(27)20-14-16-8-5-6-9-19(16)26(20)4-2/h5-6,8-9,11,13-14,18H,3-4,7,10,12,15H2,1-2H3,(H,24,27). The number of carbonyl (C=O) groups is 2. The van der Waals surface area contributed by atoms with Gasteiger partial charge in [0.25, 0.3) is 5.91 Å². The molecule has 0 saturated heterocycles. The van der Waals surface area contributed by atoms with Crippen LogP contribution in [0.3, 0.4) is 0 Å².